The van der Waals surface area contributed by atoms with E-state index >= 15 is 0 Å². The number of fused-ring (bicyclic) bond motifs is 1. The topological polar surface area (TPSA) is 96.6 Å². The number of hydrogen-bond acceptors (Lipinski definition) is 4. The molecule has 2 heterocycles. The molecule has 32 heavy (non-hydrogen) atoms. The number of nitrogens with zero attached hydrogens (tertiary/aromatic N) is 3. The number of nitrogens with one attached hydrogen (secondary N) is 1. The molecule has 2 N–H and O–H groups in total. The van der Waals surface area contributed by atoms with Crippen molar-refractivity contribution in [2.75, 3.05) is 26.2 Å². The Morgan fingerprint density at radius 3 is 2.44 bits per heavy atom. The van der Waals surface area contributed by atoms with Crippen LogP contribution in [0.4, 0.5) is 4.79 Å². The SMILES string of the molecule is CC(C)n1c(=O)n(C(=O)NCC2CCN(CC3CCCC3C(=O)O)CC2)c2ccccc21. The van der Waals surface area contributed by atoms with Crippen LogP contribution in [-0.2, 0) is 4.79 Å². The molecule has 2 aliphatic rings. The maximum atomic E-state index is 12.9. The van der Waals surface area contributed by atoms with Crippen molar-refractivity contribution in [2.45, 2.75) is 52.0 Å². The number of benzene rings is 1. The fourth-order valence-corrected chi connectivity index (χ4v) is 5.46. The lowest BCUT2D eigenvalue weighted by molar-refractivity contribution is -0.143. The average Bonchev–Trinajstić information content (AvgIpc) is 3.34. The third kappa shape index (κ3) is 4.46. The monoisotopic (exact) mass is 442 g/mol. The number of carboxylic acid groups (broad SMARTS) is 1. The Bertz CT molecular complexity index is 1030. The van der Waals surface area contributed by atoms with Gasteiger partial charge in [-0.1, -0.05) is 18.6 Å². The predicted octanol–water partition coefficient (Wildman–Crippen LogP) is 3.15. The van der Waals surface area contributed by atoms with Crippen molar-refractivity contribution >= 4 is 23.0 Å². The number of carbonyl (C=O) groups excluding carboxylic acids is 1. The largest absolute Gasteiger partial charge is 0.481 e. The Morgan fingerprint density at radius 2 is 1.78 bits per heavy atom. The minimum Gasteiger partial charge on any atom is -0.481 e. The molecule has 1 aromatic carbocycles. The van der Waals surface area contributed by atoms with E-state index in [0.29, 0.717) is 18.0 Å². The standard InChI is InChI=1S/C24H34N4O4/c1-16(2)27-20-8-3-4-9-21(20)28(24(27)32)23(31)25-14-17-10-12-26(13-11-17)15-18-6-5-7-19(18)22(29)30/h3-4,8-9,16-19H,5-7,10-15H2,1-2H3,(H,25,31)(H,29,30). The van der Waals surface area contributed by atoms with Gasteiger partial charge in [0.15, 0.2) is 0 Å². The number of aliphatic carboxylic acids is 1. The minimum absolute atomic E-state index is 0.0358. The number of aromatic nitrogens is 2. The second-order valence-electron chi connectivity index (χ2n) is 9.64. The van der Waals surface area contributed by atoms with Gasteiger partial charge in [-0.3, -0.25) is 9.36 Å². The Labute approximate surface area is 188 Å². The molecule has 1 amide bonds. The molecule has 2 unspecified atom stereocenters. The number of hydrogen-bond donors (Lipinski definition) is 2. The summed E-state index contributed by atoms with van der Waals surface area (Å²) in [6.07, 6.45) is 4.75. The summed E-state index contributed by atoms with van der Waals surface area (Å²) in [5.74, 6) is -0.227. The van der Waals surface area contributed by atoms with Crippen molar-refractivity contribution < 1.29 is 14.7 Å². The van der Waals surface area contributed by atoms with E-state index in [1.54, 1.807) is 10.6 Å². The first-order valence-electron chi connectivity index (χ1n) is 11.8. The minimum atomic E-state index is -0.654. The van der Waals surface area contributed by atoms with Crippen molar-refractivity contribution in [3.63, 3.8) is 0 Å². The molecule has 0 spiro atoms. The number of carboxylic acids is 1. The summed E-state index contributed by atoms with van der Waals surface area (Å²) >= 11 is 0. The molecule has 1 aliphatic heterocycles. The highest BCUT2D eigenvalue weighted by Gasteiger charge is 2.34. The van der Waals surface area contributed by atoms with Gasteiger partial charge < -0.3 is 15.3 Å². The third-order valence-electron chi connectivity index (χ3n) is 7.22. The first kappa shape index (κ1) is 22.6. The van der Waals surface area contributed by atoms with Crippen LogP contribution < -0.4 is 11.0 Å². The van der Waals surface area contributed by atoms with Crippen molar-refractivity contribution in [3.8, 4) is 0 Å². The Balaban J connectivity index is 1.33. The average molecular weight is 443 g/mol. The number of amides is 1. The maximum absolute atomic E-state index is 12.9. The lowest BCUT2D eigenvalue weighted by Crippen LogP contribution is -2.43. The zero-order valence-electron chi connectivity index (χ0n) is 19.0. The number of para-hydroxylation sites is 2. The van der Waals surface area contributed by atoms with Gasteiger partial charge in [0, 0.05) is 19.1 Å². The summed E-state index contributed by atoms with van der Waals surface area (Å²) in [5.41, 5.74) is 1.09. The van der Waals surface area contributed by atoms with E-state index in [4.69, 9.17) is 0 Å². The number of imidazole rings is 1. The Kier molecular flexibility index (Phi) is 6.69. The van der Waals surface area contributed by atoms with E-state index in [1.165, 1.54) is 4.57 Å². The van der Waals surface area contributed by atoms with Gasteiger partial charge >= 0.3 is 17.7 Å². The molecule has 8 nitrogen and oxygen atoms in total. The van der Waals surface area contributed by atoms with Gasteiger partial charge in [0.25, 0.3) is 0 Å². The molecule has 2 fully saturated rings. The third-order valence-corrected chi connectivity index (χ3v) is 7.22. The molecular formula is C24H34N4O4. The van der Waals surface area contributed by atoms with E-state index in [-0.39, 0.29) is 29.6 Å². The number of carbonyl (C=O) groups is 2. The van der Waals surface area contributed by atoms with E-state index in [0.717, 1.165) is 57.3 Å². The maximum Gasteiger partial charge on any atom is 0.337 e. The van der Waals surface area contributed by atoms with Crippen LogP contribution in [0.2, 0.25) is 0 Å². The highest BCUT2D eigenvalue weighted by atomic mass is 16.4. The molecule has 174 valence electrons. The molecule has 1 aromatic heterocycles. The van der Waals surface area contributed by atoms with Crippen LogP contribution in [0, 0.1) is 17.8 Å². The van der Waals surface area contributed by atoms with Gasteiger partial charge in [0.2, 0.25) is 0 Å². The smallest absolute Gasteiger partial charge is 0.337 e. The van der Waals surface area contributed by atoms with Crippen LogP contribution in [-0.4, -0.2) is 57.3 Å². The first-order valence-corrected chi connectivity index (χ1v) is 11.8. The highest BCUT2D eigenvalue weighted by Crippen LogP contribution is 2.33. The molecule has 1 saturated heterocycles. The zero-order chi connectivity index (χ0) is 22.8. The van der Waals surface area contributed by atoms with Gasteiger partial charge in [0.05, 0.1) is 17.0 Å². The van der Waals surface area contributed by atoms with E-state index in [2.05, 4.69) is 10.2 Å². The van der Waals surface area contributed by atoms with E-state index < -0.39 is 5.97 Å². The van der Waals surface area contributed by atoms with Gasteiger partial charge in [-0.05, 0) is 76.6 Å². The van der Waals surface area contributed by atoms with Gasteiger partial charge in [0.1, 0.15) is 0 Å². The van der Waals surface area contributed by atoms with E-state index in [1.807, 2.05) is 32.0 Å². The first-order chi connectivity index (χ1) is 15.4. The lowest BCUT2D eigenvalue weighted by Gasteiger charge is -2.34. The summed E-state index contributed by atoms with van der Waals surface area (Å²) in [6.45, 7) is 7.13. The summed E-state index contributed by atoms with van der Waals surface area (Å²) < 4.78 is 2.90. The number of rotatable bonds is 6. The molecule has 4 rings (SSSR count). The summed E-state index contributed by atoms with van der Waals surface area (Å²) in [7, 11) is 0. The van der Waals surface area contributed by atoms with Crippen molar-refractivity contribution in [2.24, 2.45) is 17.8 Å². The number of likely N-dealkylation sites (tertiary alicyclic amines) is 1. The fraction of sp³-hybridized carbons (Fsp3) is 0.625. The quantitative estimate of drug-likeness (QED) is 0.716. The summed E-state index contributed by atoms with van der Waals surface area (Å²) in [4.78, 5) is 39.7. The van der Waals surface area contributed by atoms with Crippen molar-refractivity contribution in [1.82, 2.24) is 19.4 Å². The van der Waals surface area contributed by atoms with Crippen molar-refractivity contribution in [3.05, 3.63) is 34.7 Å². The highest BCUT2D eigenvalue weighted by molar-refractivity contribution is 5.89. The van der Waals surface area contributed by atoms with Gasteiger partial charge in [-0.25, -0.2) is 14.2 Å². The molecule has 1 saturated carbocycles. The Morgan fingerprint density at radius 1 is 1.09 bits per heavy atom. The molecule has 8 heteroatoms. The van der Waals surface area contributed by atoms with Crippen LogP contribution in [0.3, 0.4) is 0 Å². The van der Waals surface area contributed by atoms with Crippen LogP contribution in [0.1, 0.15) is 52.0 Å². The summed E-state index contributed by atoms with van der Waals surface area (Å²) in [5, 5.41) is 12.4. The second kappa shape index (κ2) is 9.48. The van der Waals surface area contributed by atoms with Crippen molar-refractivity contribution in [1.29, 1.82) is 0 Å². The normalized spacial score (nSPS) is 22.6. The van der Waals surface area contributed by atoms with Gasteiger partial charge in [-0.2, -0.15) is 0 Å². The zero-order valence-corrected chi connectivity index (χ0v) is 19.0. The molecule has 0 radical (unpaired) electrons. The van der Waals surface area contributed by atoms with E-state index in [9.17, 15) is 19.5 Å². The van der Waals surface area contributed by atoms with Crippen LogP contribution >= 0.6 is 0 Å². The number of piperidine rings is 1. The summed E-state index contributed by atoms with van der Waals surface area (Å²) in [6, 6.07) is 6.98. The van der Waals surface area contributed by atoms with Gasteiger partial charge in [-0.15, -0.1) is 0 Å². The molecular weight excluding hydrogens is 408 g/mol. The molecule has 2 aromatic rings. The molecule has 0 bridgehead atoms. The fourth-order valence-electron chi connectivity index (χ4n) is 5.46. The van der Waals surface area contributed by atoms with Crippen LogP contribution in [0.15, 0.2) is 29.1 Å². The van der Waals surface area contributed by atoms with Crippen LogP contribution in [0.5, 0.6) is 0 Å². The predicted molar refractivity (Wildman–Crippen MR) is 123 cm³/mol. The molecule has 2 atom stereocenters. The Hall–Kier alpha value is -2.61. The molecule has 1 aliphatic carbocycles. The second-order valence-corrected chi connectivity index (χ2v) is 9.64. The lowest BCUT2D eigenvalue weighted by atomic mass is 9.92. The van der Waals surface area contributed by atoms with Crippen LogP contribution in [0.25, 0.3) is 11.0 Å².